The van der Waals surface area contributed by atoms with Crippen LogP contribution in [0.3, 0.4) is 0 Å². The standard InChI is InChI=1S/C12H19N3O3/c16-12(3-5-13-6-4-12)11-14-10(15-18-11)8-9-2-1-7-17-9/h9,13,16H,1-8H2. The molecule has 2 fully saturated rings. The Morgan fingerprint density at radius 3 is 2.94 bits per heavy atom. The quantitative estimate of drug-likeness (QED) is 0.809. The molecule has 1 atom stereocenters. The minimum absolute atomic E-state index is 0.207. The van der Waals surface area contributed by atoms with Gasteiger partial charge < -0.3 is 19.7 Å². The van der Waals surface area contributed by atoms with Gasteiger partial charge in [0.25, 0.3) is 5.89 Å². The molecule has 1 aromatic rings. The summed E-state index contributed by atoms with van der Waals surface area (Å²) in [6.07, 6.45) is 4.28. The first kappa shape index (κ1) is 12.1. The van der Waals surface area contributed by atoms with Crippen molar-refractivity contribution < 1.29 is 14.4 Å². The Hall–Kier alpha value is -0.980. The first-order valence-corrected chi connectivity index (χ1v) is 6.64. The topological polar surface area (TPSA) is 80.4 Å². The number of nitrogens with one attached hydrogen (secondary N) is 1. The minimum Gasteiger partial charge on any atom is -0.380 e. The highest BCUT2D eigenvalue weighted by molar-refractivity contribution is 5.02. The van der Waals surface area contributed by atoms with Gasteiger partial charge in [0.2, 0.25) is 0 Å². The van der Waals surface area contributed by atoms with Crippen molar-refractivity contribution in [3.63, 3.8) is 0 Å². The van der Waals surface area contributed by atoms with Gasteiger partial charge in [-0.1, -0.05) is 5.16 Å². The van der Waals surface area contributed by atoms with Gasteiger partial charge in [-0.15, -0.1) is 0 Å². The Labute approximate surface area is 106 Å². The van der Waals surface area contributed by atoms with Crippen LogP contribution in [-0.4, -0.2) is 41.0 Å². The van der Waals surface area contributed by atoms with Gasteiger partial charge in [0.05, 0.1) is 6.10 Å². The molecule has 0 aromatic carbocycles. The van der Waals surface area contributed by atoms with Crippen LogP contribution in [0, 0.1) is 0 Å². The van der Waals surface area contributed by atoms with Gasteiger partial charge in [-0.25, -0.2) is 0 Å². The summed E-state index contributed by atoms with van der Waals surface area (Å²) in [5.41, 5.74) is -0.951. The summed E-state index contributed by atoms with van der Waals surface area (Å²) < 4.78 is 10.8. The molecule has 2 aliphatic rings. The maximum atomic E-state index is 10.4. The second kappa shape index (κ2) is 4.95. The van der Waals surface area contributed by atoms with E-state index in [2.05, 4.69) is 15.5 Å². The number of rotatable bonds is 3. The summed E-state index contributed by atoms with van der Waals surface area (Å²) in [5, 5.41) is 17.6. The Kier molecular flexibility index (Phi) is 3.32. The van der Waals surface area contributed by atoms with Crippen LogP contribution in [0.1, 0.15) is 37.4 Å². The normalized spacial score (nSPS) is 27.5. The predicted molar refractivity (Wildman–Crippen MR) is 63.0 cm³/mol. The summed E-state index contributed by atoms with van der Waals surface area (Å²) in [6, 6.07) is 0. The molecular formula is C12H19N3O3. The monoisotopic (exact) mass is 253 g/mol. The molecule has 18 heavy (non-hydrogen) atoms. The van der Waals surface area contributed by atoms with Crippen LogP contribution >= 0.6 is 0 Å². The zero-order chi connectivity index (χ0) is 12.4. The van der Waals surface area contributed by atoms with E-state index in [0.29, 0.717) is 31.0 Å². The Morgan fingerprint density at radius 1 is 1.39 bits per heavy atom. The van der Waals surface area contributed by atoms with Gasteiger partial charge in [-0.2, -0.15) is 4.98 Å². The van der Waals surface area contributed by atoms with E-state index in [-0.39, 0.29) is 6.10 Å². The second-order valence-corrected chi connectivity index (χ2v) is 5.14. The summed E-state index contributed by atoms with van der Waals surface area (Å²) in [6.45, 7) is 2.38. The Bertz CT molecular complexity index is 395. The molecule has 6 nitrogen and oxygen atoms in total. The fourth-order valence-corrected chi connectivity index (χ4v) is 2.59. The highest BCUT2D eigenvalue weighted by atomic mass is 16.5. The molecule has 3 rings (SSSR count). The first-order valence-electron chi connectivity index (χ1n) is 6.64. The number of ether oxygens (including phenoxy) is 1. The van der Waals surface area contributed by atoms with Crippen molar-refractivity contribution in [1.29, 1.82) is 0 Å². The Morgan fingerprint density at radius 2 is 2.22 bits per heavy atom. The van der Waals surface area contributed by atoms with Crippen molar-refractivity contribution in [2.45, 2.75) is 43.8 Å². The molecule has 6 heteroatoms. The number of aromatic nitrogens is 2. The van der Waals surface area contributed by atoms with Gasteiger partial charge in [0.15, 0.2) is 5.82 Å². The van der Waals surface area contributed by atoms with Crippen molar-refractivity contribution in [2.75, 3.05) is 19.7 Å². The van der Waals surface area contributed by atoms with Crippen LogP contribution < -0.4 is 5.32 Å². The number of hydrogen-bond donors (Lipinski definition) is 2. The van der Waals surface area contributed by atoms with Gasteiger partial charge in [-0.3, -0.25) is 0 Å². The smallest absolute Gasteiger partial charge is 0.258 e. The van der Waals surface area contributed by atoms with E-state index in [4.69, 9.17) is 9.26 Å². The lowest BCUT2D eigenvalue weighted by atomic mass is 9.92. The van der Waals surface area contributed by atoms with E-state index in [0.717, 1.165) is 32.5 Å². The summed E-state index contributed by atoms with van der Waals surface area (Å²) in [4.78, 5) is 4.33. The van der Waals surface area contributed by atoms with Crippen LogP contribution in [0.2, 0.25) is 0 Å². The van der Waals surface area contributed by atoms with Crippen LogP contribution in [0.5, 0.6) is 0 Å². The van der Waals surface area contributed by atoms with Gasteiger partial charge in [-0.05, 0) is 38.8 Å². The number of aliphatic hydroxyl groups is 1. The largest absolute Gasteiger partial charge is 0.380 e. The third kappa shape index (κ3) is 2.41. The van der Waals surface area contributed by atoms with Crippen LogP contribution in [-0.2, 0) is 16.8 Å². The van der Waals surface area contributed by atoms with Crippen molar-refractivity contribution in [1.82, 2.24) is 15.5 Å². The lowest BCUT2D eigenvalue weighted by Gasteiger charge is -2.28. The van der Waals surface area contributed by atoms with E-state index >= 15 is 0 Å². The minimum atomic E-state index is -0.951. The molecule has 0 amide bonds. The predicted octanol–water partition coefficient (Wildman–Crippen LogP) is 0.362. The Balaban J connectivity index is 1.68. The number of nitrogens with zero attached hydrogens (tertiary/aromatic N) is 2. The van der Waals surface area contributed by atoms with E-state index in [1.54, 1.807) is 0 Å². The van der Waals surface area contributed by atoms with E-state index < -0.39 is 5.60 Å². The highest BCUT2D eigenvalue weighted by Gasteiger charge is 2.37. The van der Waals surface area contributed by atoms with Crippen molar-refractivity contribution in [2.24, 2.45) is 0 Å². The molecule has 2 aliphatic heterocycles. The molecule has 3 heterocycles. The SMILES string of the molecule is OC1(c2nc(CC3CCCO3)no2)CCNCC1. The molecule has 1 aromatic heterocycles. The fraction of sp³-hybridized carbons (Fsp3) is 0.833. The number of hydrogen-bond acceptors (Lipinski definition) is 6. The molecule has 2 saturated heterocycles. The summed E-state index contributed by atoms with van der Waals surface area (Å²) in [5.74, 6) is 1.00. The highest BCUT2D eigenvalue weighted by Crippen LogP contribution is 2.29. The van der Waals surface area contributed by atoms with E-state index in [9.17, 15) is 5.11 Å². The maximum Gasteiger partial charge on any atom is 0.258 e. The molecule has 0 bridgehead atoms. The van der Waals surface area contributed by atoms with E-state index in [1.807, 2.05) is 0 Å². The average molecular weight is 253 g/mol. The molecule has 2 N–H and O–H groups in total. The molecule has 0 spiro atoms. The summed E-state index contributed by atoms with van der Waals surface area (Å²) >= 11 is 0. The third-order valence-electron chi connectivity index (χ3n) is 3.73. The lowest BCUT2D eigenvalue weighted by molar-refractivity contribution is -0.0228. The first-order chi connectivity index (χ1) is 8.76. The fourth-order valence-electron chi connectivity index (χ4n) is 2.59. The van der Waals surface area contributed by atoms with Crippen molar-refractivity contribution >= 4 is 0 Å². The van der Waals surface area contributed by atoms with Crippen molar-refractivity contribution in [3.8, 4) is 0 Å². The molecule has 100 valence electrons. The average Bonchev–Trinajstić information content (AvgIpc) is 3.02. The molecule has 1 unspecified atom stereocenters. The third-order valence-corrected chi connectivity index (χ3v) is 3.73. The number of piperidine rings is 1. The van der Waals surface area contributed by atoms with Gasteiger partial charge in [0.1, 0.15) is 5.60 Å². The van der Waals surface area contributed by atoms with Crippen LogP contribution in [0.4, 0.5) is 0 Å². The molecular weight excluding hydrogens is 234 g/mol. The summed E-state index contributed by atoms with van der Waals surface area (Å²) in [7, 11) is 0. The second-order valence-electron chi connectivity index (χ2n) is 5.14. The zero-order valence-electron chi connectivity index (χ0n) is 10.4. The maximum absolute atomic E-state index is 10.4. The van der Waals surface area contributed by atoms with E-state index in [1.165, 1.54) is 0 Å². The molecule has 0 radical (unpaired) electrons. The van der Waals surface area contributed by atoms with Gasteiger partial charge in [0, 0.05) is 13.0 Å². The lowest BCUT2D eigenvalue weighted by Crippen LogP contribution is -2.40. The van der Waals surface area contributed by atoms with Crippen molar-refractivity contribution in [3.05, 3.63) is 11.7 Å². The van der Waals surface area contributed by atoms with Crippen LogP contribution in [0.15, 0.2) is 4.52 Å². The molecule has 0 aliphatic carbocycles. The zero-order valence-corrected chi connectivity index (χ0v) is 10.4. The van der Waals surface area contributed by atoms with Crippen LogP contribution in [0.25, 0.3) is 0 Å². The van der Waals surface area contributed by atoms with Gasteiger partial charge >= 0.3 is 0 Å². The molecule has 0 saturated carbocycles.